The van der Waals surface area contributed by atoms with Crippen LogP contribution in [0.4, 0.5) is 0 Å². The Hall–Kier alpha value is -0.940. The first-order valence-electron chi connectivity index (χ1n) is 7.92. The van der Waals surface area contributed by atoms with Gasteiger partial charge in [-0.15, -0.1) is 0 Å². The van der Waals surface area contributed by atoms with Crippen molar-refractivity contribution in [3.05, 3.63) is 11.7 Å². The standard InChI is InChI=1S/C15H28N4O/c1-4-9-19(13-7-5-12(16)6-8-13)10-14-17-15(11(2)3)18-20-14/h11-13H,4-10,16H2,1-3H3. The lowest BCUT2D eigenvalue weighted by molar-refractivity contribution is 0.126. The summed E-state index contributed by atoms with van der Waals surface area (Å²) in [5, 5.41) is 4.05. The Kier molecular flexibility index (Phi) is 5.54. The van der Waals surface area contributed by atoms with Crippen molar-refractivity contribution in [1.29, 1.82) is 0 Å². The molecular weight excluding hydrogens is 252 g/mol. The van der Waals surface area contributed by atoms with Crippen LogP contribution in [0, 0.1) is 0 Å². The average Bonchev–Trinajstić information content (AvgIpc) is 2.88. The lowest BCUT2D eigenvalue weighted by Crippen LogP contribution is -2.40. The summed E-state index contributed by atoms with van der Waals surface area (Å²) in [6.07, 6.45) is 5.78. The van der Waals surface area contributed by atoms with E-state index in [1.165, 1.54) is 12.8 Å². The van der Waals surface area contributed by atoms with Crippen LogP contribution in [0.2, 0.25) is 0 Å². The third-order valence-corrected chi connectivity index (χ3v) is 4.11. The van der Waals surface area contributed by atoms with E-state index < -0.39 is 0 Å². The van der Waals surface area contributed by atoms with Gasteiger partial charge in [0.1, 0.15) is 0 Å². The second-order valence-electron chi connectivity index (χ2n) is 6.24. The fourth-order valence-electron chi connectivity index (χ4n) is 2.89. The predicted octanol–water partition coefficient (Wildman–Crippen LogP) is 2.67. The Labute approximate surface area is 121 Å². The lowest BCUT2D eigenvalue weighted by atomic mass is 9.90. The molecule has 1 aromatic heterocycles. The number of hydrogen-bond donors (Lipinski definition) is 1. The van der Waals surface area contributed by atoms with Gasteiger partial charge in [-0.25, -0.2) is 0 Å². The van der Waals surface area contributed by atoms with Crippen LogP contribution in [0.25, 0.3) is 0 Å². The van der Waals surface area contributed by atoms with E-state index in [2.05, 4.69) is 35.8 Å². The summed E-state index contributed by atoms with van der Waals surface area (Å²) in [5.74, 6) is 1.87. The smallest absolute Gasteiger partial charge is 0.240 e. The number of rotatable bonds is 6. The van der Waals surface area contributed by atoms with Crippen molar-refractivity contribution >= 4 is 0 Å². The van der Waals surface area contributed by atoms with Gasteiger partial charge >= 0.3 is 0 Å². The highest BCUT2D eigenvalue weighted by molar-refractivity contribution is 4.92. The highest BCUT2D eigenvalue weighted by Gasteiger charge is 2.25. The second-order valence-corrected chi connectivity index (χ2v) is 6.24. The second kappa shape index (κ2) is 7.18. The van der Waals surface area contributed by atoms with E-state index >= 15 is 0 Å². The first kappa shape index (κ1) is 15.4. The zero-order chi connectivity index (χ0) is 14.5. The molecule has 0 aromatic carbocycles. The number of aromatic nitrogens is 2. The molecule has 0 spiro atoms. The van der Waals surface area contributed by atoms with Crippen LogP contribution in [0.15, 0.2) is 4.52 Å². The molecule has 0 unspecified atom stereocenters. The molecule has 1 saturated carbocycles. The Balaban J connectivity index is 1.97. The maximum atomic E-state index is 6.00. The van der Waals surface area contributed by atoms with E-state index in [-0.39, 0.29) is 0 Å². The van der Waals surface area contributed by atoms with Gasteiger partial charge in [0.05, 0.1) is 6.54 Å². The van der Waals surface area contributed by atoms with Gasteiger partial charge in [0.2, 0.25) is 5.89 Å². The van der Waals surface area contributed by atoms with Gasteiger partial charge in [-0.1, -0.05) is 25.9 Å². The van der Waals surface area contributed by atoms with E-state index in [4.69, 9.17) is 10.3 Å². The molecule has 0 bridgehead atoms. The molecule has 114 valence electrons. The van der Waals surface area contributed by atoms with Gasteiger partial charge in [0, 0.05) is 18.0 Å². The van der Waals surface area contributed by atoms with Gasteiger partial charge in [-0.2, -0.15) is 4.98 Å². The van der Waals surface area contributed by atoms with E-state index in [1.54, 1.807) is 0 Å². The Morgan fingerprint density at radius 2 is 2.00 bits per heavy atom. The first-order chi connectivity index (χ1) is 9.60. The van der Waals surface area contributed by atoms with Crippen LogP contribution in [-0.4, -0.2) is 33.7 Å². The molecule has 0 aliphatic heterocycles. The summed E-state index contributed by atoms with van der Waals surface area (Å²) < 4.78 is 5.39. The third kappa shape index (κ3) is 4.03. The van der Waals surface area contributed by atoms with Gasteiger partial charge in [0.15, 0.2) is 5.82 Å². The molecule has 1 heterocycles. The summed E-state index contributed by atoms with van der Waals surface area (Å²) in [4.78, 5) is 6.99. The monoisotopic (exact) mass is 280 g/mol. The minimum Gasteiger partial charge on any atom is -0.338 e. The van der Waals surface area contributed by atoms with Crippen molar-refractivity contribution in [3.8, 4) is 0 Å². The van der Waals surface area contributed by atoms with Crippen LogP contribution < -0.4 is 5.73 Å². The highest BCUT2D eigenvalue weighted by atomic mass is 16.5. The molecule has 1 fully saturated rings. The molecule has 20 heavy (non-hydrogen) atoms. The van der Waals surface area contributed by atoms with Crippen molar-refractivity contribution in [2.75, 3.05) is 6.54 Å². The Morgan fingerprint density at radius 3 is 2.55 bits per heavy atom. The van der Waals surface area contributed by atoms with Crippen LogP contribution in [-0.2, 0) is 6.54 Å². The first-order valence-corrected chi connectivity index (χ1v) is 7.92. The van der Waals surface area contributed by atoms with E-state index in [0.717, 1.165) is 44.1 Å². The van der Waals surface area contributed by atoms with E-state index in [1.807, 2.05) is 0 Å². The zero-order valence-electron chi connectivity index (χ0n) is 13.0. The molecule has 5 nitrogen and oxygen atoms in total. The largest absolute Gasteiger partial charge is 0.338 e. The number of nitrogens with two attached hydrogens (primary N) is 1. The summed E-state index contributed by atoms with van der Waals surface area (Å²) in [6, 6.07) is 1.01. The zero-order valence-corrected chi connectivity index (χ0v) is 13.0. The number of hydrogen-bond acceptors (Lipinski definition) is 5. The SMILES string of the molecule is CCCN(Cc1nc(C(C)C)no1)C1CCC(N)CC1. The average molecular weight is 280 g/mol. The molecule has 0 amide bonds. The van der Waals surface area contributed by atoms with Crippen molar-refractivity contribution in [2.24, 2.45) is 5.73 Å². The summed E-state index contributed by atoms with van der Waals surface area (Å²) in [6.45, 7) is 8.24. The van der Waals surface area contributed by atoms with Gasteiger partial charge in [0.25, 0.3) is 0 Å². The van der Waals surface area contributed by atoms with Crippen molar-refractivity contribution in [1.82, 2.24) is 15.0 Å². The fraction of sp³-hybridized carbons (Fsp3) is 0.867. The Bertz CT molecular complexity index is 396. The molecule has 1 aliphatic carbocycles. The quantitative estimate of drug-likeness (QED) is 0.867. The van der Waals surface area contributed by atoms with Crippen molar-refractivity contribution in [3.63, 3.8) is 0 Å². The molecule has 0 atom stereocenters. The molecule has 1 aliphatic rings. The van der Waals surface area contributed by atoms with Crippen LogP contribution in [0.3, 0.4) is 0 Å². The minimum atomic E-state index is 0.319. The maximum absolute atomic E-state index is 6.00. The van der Waals surface area contributed by atoms with E-state index in [0.29, 0.717) is 18.0 Å². The molecule has 0 radical (unpaired) electrons. The van der Waals surface area contributed by atoms with Crippen molar-refractivity contribution in [2.45, 2.75) is 77.4 Å². The molecule has 2 N–H and O–H groups in total. The molecule has 5 heteroatoms. The number of nitrogens with zero attached hydrogens (tertiary/aromatic N) is 3. The topological polar surface area (TPSA) is 68.2 Å². The molecule has 1 aromatic rings. The normalized spacial score (nSPS) is 23.7. The molecule has 2 rings (SSSR count). The highest BCUT2D eigenvalue weighted by Crippen LogP contribution is 2.24. The summed E-state index contributed by atoms with van der Waals surface area (Å²) in [5.41, 5.74) is 6.00. The lowest BCUT2D eigenvalue weighted by Gasteiger charge is -2.35. The summed E-state index contributed by atoms with van der Waals surface area (Å²) >= 11 is 0. The van der Waals surface area contributed by atoms with Crippen LogP contribution >= 0.6 is 0 Å². The van der Waals surface area contributed by atoms with Crippen LogP contribution in [0.5, 0.6) is 0 Å². The maximum Gasteiger partial charge on any atom is 0.240 e. The van der Waals surface area contributed by atoms with Gasteiger partial charge in [-0.05, 0) is 38.6 Å². The third-order valence-electron chi connectivity index (χ3n) is 4.11. The Morgan fingerprint density at radius 1 is 1.30 bits per heavy atom. The van der Waals surface area contributed by atoms with E-state index in [9.17, 15) is 0 Å². The van der Waals surface area contributed by atoms with Gasteiger partial charge in [-0.3, -0.25) is 4.90 Å². The van der Waals surface area contributed by atoms with Crippen LogP contribution in [0.1, 0.15) is 70.5 Å². The molecular formula is C15H28N4O. The van der Waals surface area contributed by atoms with Crippen molar-refractivity contribution < 1.29 is 4.52 Å². The fourth-order valence-corrected chi connectivity index (χ4v) is 2.89. The van der Waals surface area contributed by atoms with Gasteiger partial charge < -0.3 is 10.3 Å². The minimum absolute atomic E-state index is 0.319. The summed E-state index contributed by atoms with van der Waals surface area (Å²) in [7, 11) is 0. The predicted molar refractivity (Wildman–Crippen MR) is 79.3 cm³/mol. The molecule has 0 saturated heterocycles.